The number of rotatable bonds is 5. The smallest absolute Gasteiger partial charge is 0.322 e. The molecule has 0 radical (unpaired) electrons. The van der Waals surface area contributed by atoms with Gasteiger partial charge in [0.15, 0.2) is 0 Å². The zero-order valence-electron chi connectivity index (χ0n) is 9.48. The number of alkyl halides is 1. The Balaban J connectivity index is 2.55. The molecule has 0 bridgehead atoms. The fourth-order valence-electron chi connectivity index (χ4n) is 1.49. The molecule has 1 atom stereocenters. The predicted molar refractivity (Wildman–Crippen MR) is 64.8 cm³/mol. The molecule has 1 rings (SSSR count). The summed E-state index contributed by atoms with van der Waals surface area (Å²) in [7, 11) is 1.87. The van der Waals surface area contributed by atoms with E-state index in [1.165, 1.54) is 11.1 Å². The van der Waals surface area contributed by atoms with E-state index in [1.54, 1.807) is 0 Å². The SMILES string of the molecule is Cc1ccccc1CN(C)CC(Cl)C(=O)O. The lowest BCUT2D eigenvalue weighted by Gasteiger charge is -2.19. The number of hydrogen-bond acceptors (Lipinski definition) is 2. The molecule has 0 saturated carbocycles. The van der Waals surface area contributed by atoms with Crippen LogP contribution in [-0.4, -0.2) is 34.9 Å². The van der Waals surface area contributed by atoms with Crippen LogP contribution in [0.1, 0.15) is 11.1 Å². The maximum absolute atomic E-state index is 10.6. The largest absolute Gasteiger partial charge is 0.480 e. The number of carboxylic acids is 1. The molecule has 1 aromatic rings. The maximum atomic E-state index is 10.6. The Labute approximate surface area is 101 Å². The molecule has 0 amide bonds. The molecule has 0 spiro atoms. The topological polar surface area (TPSA) is 40.5 Å². The van der Waals surface area contributed by atoms with Gasteiger partial charge in [0.2, 0.25) is 0 Å². The summed E-state index contributed by atoms with van der Waals surface area (Å²) in [4.78, 5) is 12.5. The highest BCUT2D eigenvalue weighted by molar-refractivity contribution is 6.29. The monoisotopic (exact) mass is 241 g/mol. The second-order valence-corrected chi connectivity index (χ2v) is 4.46. The van der Waals surface area contributed by atoms with Crippen molar-refractivity contribution < 1.29 is 9.90 Å². The summed E-state index contributed by atoms with van der Waals surface area (Å²) in [5.41, 5.74) is 2.40. The van der Waals surface area contributed by atoms with Gasteiger partial charge in [0.05, 0.1) is 0 Å². The van der Waals surface area contributed by atoms with Crippen molar-refractivity contribution in [2.24, 2.45) is 0 Å². The molecule has 0 aliphatic rings. The molecule has 1 aromatic carbocycles. The number of nitrogens with zero attached hydrogens (tertiary/aromatic N) is 1. The van der Waals surface area contributed by atoms with Crippen molar-refractivity contribution in [2.45, 2.75) is 18.8 Å². The van der Waals surface area contributed by atoms with E-state index in [1.807, 2.05) is 43.1 Å². The quantitative estimate of drug-likeness (QED) is 0.803. The number of aryl methyl sites for hydroxylation is 1. The molecule has 0 aliphatic heterocycles. The van der Waals surface area contributed by atoms with Crippen LogP contribution >= 0.6 is 11.6 Å². The molecular weight excluding hydrogens is 226 g/mol. The molecule has 0 fully saturated rings. The molecule has 1 N–H and O–H groups in total. The summed E-state index contributed by atoms with van der Waals surface area (Å²) < 4.78 is 0. The van der Waals surface area contributed by atoms with Crippen LogP contribution in [0.3, 0.4) is 0 Å². The van der Waals surface area contributed by atoms with Crippen molar-refractivity contribution in [3.63, 3.8) is 0 Å². The highest BCUT2D eigenvalue weighted by Gasteiger charge is 2.16. The minimum Gasteiger partial charge on any atom is -0.480 e. The molecule has 3 nitrogen and oxygen atoms in total. The van der Waals surface area contributed by atoms with E-state index in [0.29, 0.717) is 13.1 Å². The van der Waals surface area contributed by atoms with E-state index in [4.69, 9.17) is 16.7 Å². The third-order valence-corrected chi connectivity index (χ3v) is 2.77. The molecule has 0 saturated heterocycles. The first kappa shape index (κ1) is 13.0. The van der Waals surface area contributed by atoms with E-state index in [9.17, 15) is 4.79 Å². The molecular formula is C12H16ClNO2. The van der Waals surface area contributed by atoms with Gasteiger partial charge >= 0.3 is 5.97 Å². The summed E-state index contributed by atoms with van der Waals surface area (Å²) in [5.74, 6) is -0.974. The van der Waals surface area contributed by atoms with Gasteiger partial charge in [0.1, 0.15) is 5.38 Å². The summed E-state index contributed by atoms with van der Waals surface area (Å²) in [6, 6.07) is 8.04. The van der Waals surface area contributed by atoms with Crippen LogP contribution in [0.5, 0.6) is 0 Å². The number of carboxylic acid groups (broad SMARTS) is 1. The second-order valence-electron chi connectivity index (χ2n) is 3.93. The third kappa shape index (κ3) is 3.83. The fourth-order valence-corrected chi connectivity index (χ4v) is 1.73. The van der Waals surface area contributed by atoms with Crippen LogP contribution in [0.4, 0.5) is 0 Å². The van der Waals surface area contributed by atoms with Crippen LogP contribution in [0.2, 0.25) is 0 Å². The van der Waals surface area contributed by atoms with E-state index >= 15 is 0 Å². The lowest BCUT2D eigenvalue weighted by molar-refractivity contribution is -0.136. The summed E-state index contributed by atoms with van der Waals surface area (Å²) >= 11 is 5.68. The second kappa shape index (κ2) is 5.87. The molecule has 4 heteroatoms. The Morgan fingerprint density at radius 2 is 2.12 bits per heavy atom. The Bertz CT molecular complexity index is 368. The average molecular weight is 242 g/mol. The van der Waals surface area contributed by atoms with Gasteiger partial charge in [-0.1, -0.05) is 24.3 Å². The summed E-state index contributed by atoms with van der Waals surface area (Å²) in [5, 5.41) is 7.84. The van der Waals surface area contributed by atoms with Crippen LogP contribution in [0.25, 0.3) is 0 Å². The predicted octanol–water partition coefficient (Wildman–Crippen LogP) is 2.12. The van der Waals surface area contributed by atoms with Crippen LogP contribution < -0.4 is 0 Å². The normalized spacial score (nSPS) is 12.8. The lowest BCUT2D eigenvalue weighted by atomic mass is 10.1. The van der Waals surface area contributed by atoms with Gasteiger partial charge in [-0.3, -0.25) is 4.79 Å². The Morgan fingerprint density at radius 1 is 1.50 bits per heavy atom. The number of hydrogen-bond donors (Lipinski definition) is 1. The minimum absolute atomic E-state index is 0.339. The molecule has 0 aliphatic carbocycles. The van der Waals surface area contributed by atoms with Crippen molar-refractivity contribution in [3.05, 3.63) is 35.4 Å². The van der Waals surface area contributed by atoms with Crippen molar-refractivity contribution in [2.75, 3.05) is 13.6 Å². The molecule has 16 heavy (non-hydrogen) atoms. The maximum Gasteiger partial charge on any atom is 0.322 e. The van der Waals surface area contributed by atoms with Gasteiger partial charge in [-0.25, -0.2) is 0 Å². The van der Waals surface area contributed by atoms with Gasteiger partial charge < -0.3 is 10.0 Å². The van der Waals surface area contributed by atoms with E-state index in [0.717, 1.165) is 0 Å². The standard InChI is InChI=1S/C12H16ClNO2/c1-9-5-3-4-6-10(9)7-14(2)8-11(13)12(15)16/h3-6,11H,7-8H2,1-2H3,(H,15,16). The zero-order chi connectivity index (χ0) is 12.1. The molecule has 88 valence electrons. The number of benzene rings is 1. The first-order valence-electron chi connectivity index (χ1n) is 5.10. The minimum atomic E-state index is -0.974. The number of aliphatic carboxylic acids is 1. The number of halogens is 1. The first-order valence-corrected chi connectivity index (χ1v) is 5.54. The van der Waals surface area contributed by atoms with Crippen molar-refractivity contribution in [1.29, 1.82) is 0 Å². The van der Waals surface area contributed by atoms with Crippen LogP contribution in [0.15, 0.2) is 24.3 Å². The van der Waals surface area contributed by atoms with Gasteiger partial charge in [-0.05, 0) is 25.1 Å². The molecule has 0 heterocycles. The highest BCUT2D eigenvalue weighted by Crippen LogP contribution is 2.10. The highest BCUT2D eigenvalue weighted by atomic mass is 35.5. The summed E-state index contributed by atoms with van der Waals surface area (Å²) in [6.07, 6.45) is 0. The van der Waals surface area contributed by atoms with Gasteiger partial charge in [-0.2, -0.15) is 0 Å². The van der Waals surface area contributed by atoms with Gasteiger partial charge in [-0.15, -0.1) is 11.6 Å². The fraction of sp³-hybridized carbons (Fsp3) is 0.417. The van der Waals surface area contributed by atoms with E-state index < -0.39 is 11.3 Å². The Hall–Kier alpha value is -1.06. The van der Waals surface area contributed by atoms with Crippen molar-refractivity contribution in [1.82, 2.24) is 4.90 Å². The first-order chi connectivity index (χ1) is 7.50. The van der Waals surface area contributed by atoms with Gasteiger partial charge in [0, 0.05) is 13.1 Å². The Kier molecular flexibility index (Phi) is 4.77. The lowest BCUT2D eigenvalue weighted by Crippen LogP contribution is -2.30. The van der Waals surface area contributed by atoms with E-state index in [2.05, 4.69) is 0 Å². The van der Waals surface area contributed by atoms with Gasteiger partial charge in [0.25, 0.3) is 0 Å². The van der Waals surface area contributed by atoms with Crippen molar-refractivity contribution >= 4 is 17.6 Å². The average Bonchev–Trinajstić information content (AvgIpc) is 2.21. The van der Waals surface area contributed by atoms with Crippen LogP contribution in [-0.2, 0) is 11.3 Å². The molecule has 1 unspecified atom stereocenters. The number of carbonyl (C=O) groups is 1. The summed E-state index contributed by atoms with van der Waals surface area (Å²) in [6.45, 7) is 3.09. The van der Waals surface area contributed by atoms with Crippen molar-refractivity contribution in [3.8, 4) is 0 Å². The molecule has 0 aromatic heterocycles. The Morgan fingerprint density at radius 3 is 2.69 bits per heavy atom. The zero-order valence-corrected chi connectivity index (χ0v) is 10.2. The van der Waals surface area contributed by atoms with E-state index in [-0.39, 0.29) is 0 Å². The van der Waals surface area contributed by atoms with Crippen LogP contribution in [0, 0.1) is 6.92 Å². The third-order valence-electron chi connectivity index (χ3n) is 2.44.